The molecule has 0 aromatic heterocycles. The van der Waals surface area contributed by atoms with Gasteiger partial charge in [-0.3, -0.25) is 0 Å². The van der Waals surface area contributed by atoms with Gasteiger partial charge in [0.25, 0.3) is 0 Å². The predicted octanol–water partition coefficient (Wildman–Crippen LogP) is 6.20. The second-order valence-electron chi connectivity index (χ2n) is 7.62. The summed E-state index contributed by atoms with van der Waals surface area (Å²) in [5, 5.41) is 0. The zero-order valence-corrected chi connectivity index (χ0v) is 16.9. The van der Waals surface area contributed by atoms with Gasteiger partial charge >= 0.3 is 0 Å². The van der Waals surface area contributed by atoms with E-state index in [2.05, 4.69) is 81.7 Å². The Labute approximate surface area is 155 Å². The molecule has 0 bridgehead atoms. The predicted molar refractivity (Wildman–Crippen MR) is 117 cm³/mol. The van der Waals surface area contributed by atoms with Gasteiger partial charge in [0, 0.05) is 27.3 Å². The molecule has 4 rings (SSSR count). The molecule has 2 aromatic carbocycles. The van der Waals surface area contributed by atoms with E-state index in [1.54, 1.807) is 22.3 Å². The van der Waals surface area contributed by atoms with Crippen LogP contribution < -0.4 is 0 Å². The minimum absolute atomic E-state index is 0.539. The van der Waals surface area contributed by atoms with Gasteiger partial charge in [0.2, 0.25) is 0 Å². The number of hydrogen-bond donors (Lipinski definition) is 0. The number of fused-ring (bicyclic) bond motifs is 2. The van der Waals surface area contributed by atoms with E-state index < -0.39 is 7.26 Å². The third kappa shape index (κ3) is 5.68. The van der Waals surface area contributed by atoms with Crippen LogP contribution >= 0.6 is 7.26 Å². The van der Waals surface area contributed by atoms with Crippen LogP contribution in [0.1, 0.15) is 22.3 Å². The minimum atomic E-state index is -0.762. The molecular weight excluding hydrogens is 319 g/mol. The fraction of sp³-hybridized carbons (Fsp3) is 0.333. The number of allylic oxidation sites excluding steroid dienone is 2. The molecule has 2 aliphatic carbocycles. The number of benzene rings is 2. The Morgan fingerprint density at radius 1 is 0.680 bits per heavy atom. The fourth-order valence-electron chi connectivity index (χ4n) is 3.00. The van der Waals surface area contributed by atoms with E-state index in [0.29, 0.717) is 5.66 Å². The highest BCUT2D eigenvalue weighted by Gasteiger charge is 2.24. The van der Waals surface area contributed by atoms with E-state index in [1.807, 2.05) is 12.2 Å². The Morgan fingerprint density at radius 3 is 1.04 bits per heavy atom. The summed E-state index contributed by atoms with van der Waals surface area (Å²) in [5.74, 6) is 0. The number of aryl methyl sites for hydroxylation is 4. The molecule has 0 amide bonds. The third-order valence-electron chi connectivity index (χ3n) is 4.94. The second-order valence-corrected chi connectivity index (χ2v) is 12.4. The van der Waals surface area contributed by atoms with Crippen LogP contribution in [0.5, 0.6) is 0 Å². The lowest BCUT2D eigenvalue weighted by atomic mass is 9.89. The van der Waals surface area contributed by atoms with Gasteiger partial charge in [-0.25, -0.2) is 0 Å². The Morgan fingerprint density at radius 2 is 0.960 bits per heavy atom. The number of hydrogen-bond acceptors (Lipinski definition) is 0. The molecule has 0 fully saturated rings. The molecule has 0 heterocycles. The fourth-order valence-corrected chi connectivity index (χ4v) is 4.27. The summed E-state index contributed by atoms with van der Waals surface area (Å²) < 4.78 is 0. The molecule has 0 saturated carbocycles. The highest BCUT2D eigenvalue weighted by molar-refractivity contribution is 7.74. The molecule has 0 aliphatic heterocycles. The van der Waals surface area contributed by atoms with Crippen molar-refractivity contribution in [3.8, 4) is 0 Å². The summed E-state index contributed by atoms with van der Waals surface area (Å²) in [7, 11) is -0.762. The average Bonchev–Trinajstić information content (AvgIpc) is 2.51. The van der Waals surface area contributed by atoms with Gasteiger partial charge in [-0.15, -0.1) is 0 Å². The zero-order valence-electron chi connectivity index (χ0n) is 16.0. The molecule has 2 aromatic rings. The van der Waals surface area contributed by atoms with Crippen molar-refractivity contribution < 1.29 is 0 Å². The first kappa shape index (κ1) is 19.7. The molecule has 132 valence electrons. The van der Waals surface area contributed by atoms with Crippen molar-refractivity contribution in [3.63, 3.8) is 0 Å². The van der Waals surface area contributed by atoms with Crippen LogP contribution in [-0.2, 0) is 25.7 Å². The van der Waals surface area contributed by atoms with Gasteiger partial charge in [0.15, 0.2) is 0 Å². The normalized spacial score (nSPS) is 13.4. The van der Waals surface area contributed by atoms with E-state index >= 15 is 0 Å². The molecule has 0 unspecified atom stereocenters. The second kappa shape index (κ2) is 9.16. The van der Waals surface area contributed by atoms with Crippen LogP contribution in [0.15, 0.2) is 73.8 Å². The molecular formula is C24H32P+. The SMILES string of the molecule is C=CC(C=C)[P+](C)(C)C.c1ccc2c(c1)CC2.c1ccc2c(c1)CC2. The first-order chi connectivity index (χ1) is 12.0. The van der Waals surface area contributed by atoms with Crippen LogP contribution in [0.25, 0.3) is 0 Å². The largest absolute Gasteiger partial charge is 0.104 e. The first-order valence-corrected chi connectivity index (χ1v) is 12.4. The van der Waals surface area contributed by atoms with Gasteiger partial charge in [-0.1, -0.05) is 61.7 Å². The lowest BCUT2D eigenvalue weighted by molar-refractivity contribution is 0.839. The van der Waals surface area contributed by atoms with Crippen LogP contribution in [-0.4, -0.2) is 25.7 Å². The van der Waals surface area contributed by atoms with Gasteiger partial charge < -0.3 is 0 Å². The molecule has 0 nitrogen and oxygen atoms in total. The van der Waals surface area contributed by atoms with Crippen molar-refractivity contribution in [1.82, 2.24) is 0 Å². The topological polar surface area (TPSA) is 0 Å². The molecule has 0 radical (unpaired) electrons. The highest BCUT2D eigenvalue weighted by Crippen LogP contribution is 2.52. The van der Waals surface area contributed by atoms with Crippen molar-refractivity contribution >= 4 is 7.26 Å². The third-order valence-corrected chi connectivity index (χ3v) is 7.15. The van der Waals surface area contributed by atoms with Crippen LogP contribution in [0.3, 0.4) is 0 Å². The maximum absolute atomic E-state index is 3.75. The van der Waals surface area contributed by atoms with Gasteiger partial charge in [0.1, 0.15) is 5.66 Å². The van der Waals surface area contributed by atoms with Crippen molar-refractivity contribution in [1.29, 1.82) is 0 Å². The number of rotatable bonds is 3. The molecule has 0 atom stereocenters. The first-order valence-electron chi connectivity index (χ1n) is 9.15. The Bertz CT molecular complexity index is 605. The lowest BCUT2D eigenvalue weighted by Crippen LogP contribution is -2.06. The summed E-state index contributed by atoms with van der Waals surface area (Å²) in [6.07, 6.45) is 9.18. The molecule has 1 heteroatoms. The summed E-state index contributed by atoms with van der Waals surface area (Å²) in [6, 6.07) is 17.3. The molecule has 0 spiro atoms. The smallest absolute Gasteiger partial charge is 0.0989 e. The molecule has 2 aliphatic rings. The maximum Gasteiger partial charge on any atom is 0.104 e. The van der Waals surface area contributed by atoms with Crippen molar-refractivity contribution in [2.75, 3.05) is 20.0 Å². The summed E-state index contributed by atoms with van der Waals surface area (Å²) >= 11 is 0. The van der Waals surface area contributed by atoms with E-state index in [0.717, 1.165) is 0 Å². The van der Waals surface area contributed by atoms with E-state index in [9.17, 15) is 0 Å². The van der Waals surface area contributed by atoms with Gasteiger partial charge in [-0.05, 0) is 60.1 Å². The summed E-state index contributed by atoms with van der Waals surface area (Å²) in [6.45, 7) is 14.4. The van der Waals surface area contributed by atoms with Crippen molar-refractivity contribution in [2.45, 2.75) is 31.3 Å². The average molecular weight is 351 g/mol. The van der Waals surface area contributed by atoms with Crippen molar-refractivity contribution in [3.05, 3.63) is 96.1 Å². The monoisotopic (exact) mass is 351 g/mol. The van der Waals surface area contributed by atoms with Gasteiger partial charge in [0.05, 0.1) is 0 Å². The standard InChI is InChI=1S/C8H16P.2C8H8/c1-6-8(7-2)9(3,4)5;2*1-2-4-8-6-5-7(8)3-1/h6-8H,1-2H2,3-5H3;2*1-4H,5-6H2/q+1;;. The molecule has 0 saturated heterocycles. The molecule has 25 heavy (non-hydrogen) atoms. The van der Waals surface area contributed by atoms with Crippen LogP contribution in [0.2, 0.25) is 0 Å². The Balaban J connectivity index is 0.000000135. The molecule has 0 N–H and O–H groups in total. The van der Waals surface area contributed by atoms with Crippen LogP contribution in [0, 0.1) is 0 Å². The summed E-state index contributed by atoms with van der Waals surface area (Å²) in [5.41, 5.74) is 6.73. The summed E-state index contributed by atoms with van der Waals surface area (Å²) in [4.78, 5) is 0. The quantitative estimate of drug-likeness (QED) is 0.456. The van der Waals surface area contributed by atoms with Gasteiger partial charge in [-0.2, -0.15) is 0 Å². The Hall–Kier alpha value is -1.65. The minimum Gasteiger partial charge on any atom is -0.0989 e. The van der Waals surface area contributed by atoms with E-state index in [4.69, 9.17) is 0 Å². The van der Waals surface area contributed by atoms with E-state index in [-0.39, 0.29) is 0 Å². The Kier molecular flexibility index (Phi) is 7.21. The van der Waals surface area contributed by atoms with Crippen LogP contribution in [0.4, 0.5) is 0 Å². The van der Waals surface area contributed by atoms with Crippen molar-refractivity contribution in [2.24, 2.45) is 0 Å². The highest BCUT2D eigenvalue weighted by atomic mass is 31.2. The zero-order chi connectivity index (χ0) is 18.3. The lowest BCUT2D eigenvalue weighted by Gasteiger charge is -2.17. The van der Waals surface area contributed by atoms with E-state index in [1.165, 1.54) is 25.7 Å². The maximum atomic E-state index is 3.75.